The molecule has 0 N–H and O–H groups in total. The zero-order valence-electron chi connectivity index (χ0n) is 10.5. The van der Waals surface area contributed by atoms with Gasteiger partial charge in [-0.25, -0.2) is 9.59 Å². The number of benzene rings is 1. The third kappa shape index (κ3) is 5.08. The summed E-state index contributed by atoms with van der Waals surface area (Å²) in [5.74, 6) is -1.09. The van der Waals surface area contributed by atoms with Gasteiger partial charge in [0.2, 0.25) is 0 Å². The molecule has 5 heteroatoms. The maximum Gasteiger partial charge on any atom is 0.331 e. The Kier molecular flexibility index (Phi) is 5.88. The normalized spacial score (nSPS) is 9.26. The van der Waals surface area contributed by atoms with E-state index in [1.165, 1.54) is 0 Å². The van der Waals surface area contributed by atoms with Crippen LogP contribution in [0.5, 0.6) is 0 Å². The van der Waals surface area contributed by atoms with Crippen molar-refractivity contribution in [1.29, 1.82) is 0 Å². The molecular weight excluding hydrogens is 246 g/mol. The topological polar surface area (TPSA) is 55.8 Å². The lowest BCUT2D eigenvalue weighted by Crippen LogP contribution is -2.31. The van der Waals surface area contributed by atoms with Crippen molar-refractivity contribution in [3.8, 4) is 0 Å². The number of hydrogen-bond donors (Lipinski definition) is 0. The molecule has 0 radical (unpaired) electrons. The molecule has 0 aromatic heterocycles. The summed E-state index contributed by atoms with van der Waals surface area (Å²) in [4.78, 5) is 23.7. The van der Waals surface area contributed by atoms with Crippen LogP contribution in [0.25, 0.3) is 0 Å². The van der Waals surface area contributed by atoms with E-state index in [1.807, 2.05) is 30.3 Å². The molecule has 0 fully saturated rings. The van der Waals surface area contributed by atoms with E-state index in [2.05, 4.69) is 13.2 Å². The first-order valence-corrected chi connectivity index (χ1v) is 5.55. The summed E-state index contributed by atoms with van der Waals surface area (Å²) in [6.07, 6.45) is 2.14. The van der Waals surface area contributed by atoms with Crippen LogP contribution in [0.3, 0.4) is 0 Å². The largest absolute Gasteiger partial charge is 0.441 e. The molecule has 0 unspecified atom stereocenters. The van der Waals surface area contributed by atoms with Gasteiger partial charge in [0.1, 0.15) is 0 Å². The molecular formula is C14H15NO4. The molecule has 1 rings (SSSR count). The smallest absolute Gasteiger partial charge is 0.331 e. The Balaban J connectivity index is 2.67. The van der Waals surface area contributed by atoms with Crippen LogP contribution in [0.15, 0.2) is 55.6 Å². The predicted molar refractivity (Wildman–Crippen MR) is 71.2 cm³/mol. The van der Waals surface area contributed by atoms with Gasteiger partial charge in [-0.05, 0) is 12.1 Å². The highest BCUT2D eigenvalue weighted by Crippen LogP contribution is 2.13. The predicted octanol–water partition coefficient (Wildman–Crippen LogP) is 1.87. The molecule has 1 aromatic rings. The lowest BCUT2D eigenvalue weighted by atomic mass is 10.3. The number of hydrogen-bond acceptors (Lipinski definition) is 5. The molecule has 100 valence electrons. The van der Waals surface area contributed by atoms with Crippen molar-refractivity contribution in [2.45, 2.75) is 0 Å². The minimum absolute atomic E-state index is 0.0424. The van der Waals surface area contributed by atoms with Crippen molar-refractivity contribution in [3.05, 3.63) is 55.6 Å². The van der Waals surface area contributed by atoms with Crippen LogP contribution in [0.2, 0.25) is 0 Å². The van der Waals surface area contributed by atoms with Crippen LogP contribution in [0, 0.1) is 0 Å². The summed E-state index contributed by atoms with van der Waals surface area (Å²) in [6, 6.07) is 9.13. The second-order valence-electron chi connectivity index (χ2n) is 3.47. The summed E-state index contributed by atoms with van der Waals surface area (Å²) in [5.41, 5.74) is 0.760. The highest BCUT2D eigenvalue weighted by atomic mass is 16.6. The lowest BCUT2D eigenvalue weighted by molar-refractivity contribution is -0.139. The van der Waals surface area contributed by atoms with Crippen molar-refractivity contribution < 1.29 is 19.1 Å². The summed E-state index contributed by atoms with van der Waals surface area (Å²) in [5, 5.41) is 0. The number of rotatable bonds is 7. The van der Waals surface area contributed by atoms with E-state index in [4.69, 9.17) is 9.47 Å². The number of carbonyl (C=O) groups excluding carboxylic acids is 2. The summed E-state index contributed by atoms with van der Waals surface area (Å²) < 4.78 is 9.85. The van der Waals surface area contributed by atoms with Crippen molar-refractivity contribution >= 4 is 17.6 Å². The highest BCUT2D eigenvalue weighted by molar-refractivity contribution is 5.81. The molecule has 0 amide bonds. The number of ether oxygens (including phenoxy) is 2. The molecule has 1 aromatic carbocycles. The quantitative estimate of drug-likeness (QED) is 0.426. The van der Waals surface area contributed by atoms with Gasteiger partial charge in [-0.2, -0.15) is 0 Å². The monoisotopic (exact) mass is 261 g/mol. The van der Waals surface area contributed by atoms with Crippen LogP contribution in [-0.2, 0) is 19.1 Å². The Morgan fingerprint density at radius 1 is 1.00 bits per heavy atom. The highest BCUT2D eigenvalue weighted by Gasteiger charge is 2.09. The second kappa shape index (κ2) is 7.71. The fraction of sp³-hybridized carbons (Fsp3) is 0.143. The fourth-order valence-electron chi connectivity index (χ4n) is 1.23. The van der Waals surface area contributed by atoms with Crippen molar-refractivity contribution in [2.24, 2.45) is 0 Å². The Labute approximate surface area is 111 Å². The molecule has 19 heavy (non-hydrogen) atoms. The molecule has 0 heterocycles. The Hall–Kier alpha value is -2.56. The van der Waals surface area contributed by atoms with Gasteiger partial charge in [-0.3, -0.25) is 0 Å². The first kappa shape index (κ1) is 14.5. The zero-order valence-corrected chi connectivity index (χ0v) is 10.5. The van der Waals surface area contributed by atoms with Gasteiger partial charge in [0.25, 0.3) is 0 Å². The minimum atomic E-state index is -0.545. The van der Waals surface area contributed by atoms with Gasteiger partial charge in [-0.15, -0.1) is 0 Å². The molecule has 0 spiro atoms. The average molecular weight is 261 g/mol. The van der Waals surface area contributed by atoms with Gasteiger partial charge < -0.3 is 14.4 Å². The Bertz CT molecular complexity index is 432. The van der Waals surface area contributed by atoms with E-state index in [1.54, 1.807) is 4.90 Å². The van der Waals surface area contributed by atoms with E-state index in [-0.39, 0.29) is 13.5 Å². The van der Waals surface area contributed by atoms with E-state index in [0.29, 0.717) is 0 Å². The van der Waals surface area contributed by atoms with E-state index in [0.717, 1.165) is 17.8 Å². The average Bonchev–Trinajstić information content (AvgIpc) is 2.47. The van der Waals surface area contributed by atoms with Crippen LogP contribution in [-0.4, -0.2) is 25.4 Å². The molecule has 0 saturated heterocycles. The van der Waals surface area contributed by atoms with Gasteiger partial charge in [0.05, 0.1) is 0 Å². The van der Waals surface area contributed by atoms with E-state index < -0.39 is 11.9 Å². The molecule has 0 aliphatic rings. The molecule has 0 saturated carbocycles. The SMILES string of the molecule is C=CC(=O)OCN(COC(=O)C=C)c1ccccc1. The van der Waals surface area contributed by atoms with Gasteiger partial charge in [-0.1, -0.05) is 31.4 Å². The molecule has 0 bridgehead atoms. The molecule has 0 atom stereocenters. The Morgan fingerprint density at radius 3 is 1.89 bits per heavy atom. The van der Waals surface area contributed by atoms with E-state index >= 15 is 0 Å². The standard InChI is InChI=1S/C14H15NO4/c1-3-13(16)18-10-15(11-19-14(17)4-2)12-8-6-5-7-9-12/h3-9H,1-2,10-11H2. The van der Waals surface area contributed by atoms with Gasteiger partial charge in [0, 0.05) is 17.8 Å². The number of para-hydroxylation sites is 1. The Morgan fingerprint density at radius 2 is 1.47 bits per heavy atom. The maximum atomic E-state index is 11.1. The third-order valence-electron chi connectivity index (χ3n) is 2.18. The van der Waals surface area contributed by atoms with Crippen LogP contribution < -0.4 is 4.90 Å². The van der Waals surface area contributed by atoms with Crippen LogP contribution in [0.4, 0.5) is 5.69 Å². The molecule has 0 aliphatic heterocycles. The number of esters is 2. The number of carbonyl (C=O) groups is 2. The zero-order chi connectivity index (χ0) is 14.1. The van der Waals surface area contributed by atoms with Crippen molar-refractivity contribution in [2.75, 3.05) is 18.4 Å². The first-order valence-electron chi connectivity index (χ1n) is 5.55. The second-order valence-corrected chi connectivity index (χ2v) is 3.47. The number of anilines is 1. The number of nitrogens with zero attached hydrogens (tertiary/aromatic N) is 1. The summed E-state index contributed by atoms with van der Waals surface area (Å²) >= 11 is 0. The molecule has 5 nitrogen and oxygen atoms in total. The lowest BCUT2D eigenvalue weighted by Gasteiger charge is -2.23. The van der Waals surface area contributed by atoms with Crippen molar-refractivity contribution in [3.63, 3.8) is 0 Å². The fourth-order valence-corrected chi connectivity index (χ4v) is 1.23. The van der Waals surface area contributed by atoms with Gasteiger partial charge in [0.15, 0.2) is 13.5 Å². The van der Waals surface area contributed by atoms with Crippen LogP contribution in [0.1, 0.15) is 0 Å². The van der Waals surface area contributed by atoms with Crippen molar-refractivity contribution in [1.82, 2.24) is 0 Å². The molecule has 0 aliphatic carbocycles. The minimum Gasteiger partial charge on any atom is -0.441 e. The maximum absolute atomic E-state index is 11.1. The van der Waals surface area contributed by atoms with E-state index in [9.17, 15) is 9.59 Å². The summed E-state index contributed by atoms with van der Waals surface area (Å²) in [6.45, 7) is 6.53. The third-order valence-corrected chi connectivity index (χ3v) is 2.18. The van der Waals surface area contributed by atoms with Gasteiger partial charge >= 0.3 is 11.9 Å². The first-order chi connectivity index (χ1) is 9.17. The van der Waals surface area contributed by atoms with Crippen LogP contribution >= 0.6 is 0 Å². The summed E-state index contributed by atoms with van der Waals surface area (Å²) in [7, 11) is 0.